The van der Waals surface area contributed by atoms with Crippen molar-refractivity contribution < 1.29 is 17.4 Å². The molecule has 0 aliphatic heterocycles. The number of halogens is 3. The van der Waals surface area contributed by atoms with Gasteiger partial charge >= 0.3 is 6.18 Å². The highest BCUT2D eigenvalue weighted by molar-refractivity contribution is 7.83. The van der Waals surface area contributed by atoms with Crippen molar-refractivity contribution in [3.8, 4) is 0 Å². The van der Waals surface area contributed by atoms with E-state index in [0.29, 0.717) is 10.5 Å². The highest BCUT2D eigenvalue weighted by atomic mass is 32.2. The molecule has 0 aliphatic rings. The normalized spacial score (nSPS) is 13.5. The Morgan fingerprint density at radius 3 is 2.10 bits per heavy atom. The molecule has 0 radical (unpaired) electrons. The zero-order valence-corrected chi connectivity index (χ0v) is 11.9. The molecule has 0 heterocycles. The van der Waals surface area contributed by atoms with E-state index in [-0.39, 0.29) is 0 Å². The number of hydrogen-bond donors (Lipinski definition) is 0. The van der Waals surface area contributed by atoms with Crippen LogP contribution in [-0.4, -0.2) is 10.4 Å². The molecule has 110 valence electrons. The molecule has 0 N–H and O–H groups in total. The molecular weight excluding hydrogens is 299 g/mol. The second kappa shape index (κ2) is 6.22. The van der Waals surface area contributed by atoms with Crippen molar-refractivity contribution in [1.82, 2.24) is 0 Å². The second-order valence-electron chi connectivity index (χ2n) is 4.42. The Morgan fingerprint density at radius 2 is 1.57 bits per heavy atom. The number of benzene rings is 2. The number of rotatable bonds is 3. The molecule has 0 aromatic heterocycles. The monoisotopic (exact) mass is 311 g/mol. The molecule has 0 fully saturated rings. The van der Waals surface area contributed by atoms with Crippen LogP contribution in [0.15, 0.2) is 57.8 Å². The predicted molar refractivity (Wildman–Crippen MR) is 76.6 cm³/mol. The lowest BCUT2D eigenvalue weighted by atomic mass is 10.1. The molecule has 0 bridgehead atoms. The van der Waals surface area contributed by atoms with Gasteiger partial charge in [0, 0.05) is 6.21 Å². The largest absolute Gasteiger partial charge is 0.416 e. The molecule has 0 aliphatic carbocycles. The van der Waals surface area contributed by atoms with Crippen LogP contribution in [0, 0.1) is 6.92 Å². The summed E-state index contributed by atoms with van der Waals surface area (Å²) in [5.74, 6) is 0. The Balaban J connectivity index is 2.10. The average molecular weight is 311 g/mol. The van der Waals surface area contributed by atoms with E-state index in [2.05, 4.69) is 4.40 Å². The summed E-state index contributed by atoms with van der Waals surface area (Å²) in [5.41, 5.74) is 0.783. The van der Waals surface area contributed by atoms with Gasteiger partial charge in [0.05, 0.1) is 10.5 Å². The number of hydrogen-bond acceptors (Lipinski definition) is 1. The van der Waals surface area contributed by atoms with Crippen LogP contribution in [0.1, 0.15) is 16.7 Å². The molecule has 6 heteroatoms. The summed E-state index contributed by atoms with van der Waals surface area (Å²) in [4.78, 5) is 0.545. The summed E-state index contributed by atoms with van der Waals surface area (Å²) < 4.78 is 53.0. The molecule has 2 aromatic carbocycles. The van der Waals surface area contributed by atoms with Crippen LogP contribution < -0.4 is 0 Å². The van der Waals surface area contributed by atoms with Gasteiger partial charge < -0.3 is 0 Å². The molecule has 1 atom stereocenters. The van der Waals surface area contributed by atoms with Crippen LogP contribution in [0.25, 0.3) is 0 Å². The molecule has 0 saturated heterocycles. The third-order valence-electron chi connectivity index (χ3n) is 2.76. The molecule has 2 rings (SSSR count). The van der Waals surface area contributed by atoms with Crippen LogP contribution in [0.4, 0.5) is 13.2 Å². The molecule has 2 nitrogen and oxygen atoms in total. The minimum Gasteiger partial charge on any atom is -0.229 e. The van der Waals surface area contributed by atoms with Gasteiger partial charge in [-0.05, 0) is 36.8 Å². The van der Waals surface area contributed by atoms with E-state index in [1.807, 2.05) is 19.1 Å². The Kier molecular flexibility index (Phi) is 4.57. The zero-order valence-electron chi connectivity index (χ0n) is 11.1. The first kappa shape index (κ1) is 15.4. The minimum absolute atomic E-state index is 0.462. The fraction of sp³-hybridized carbons (Fsp3) is 0.133. The van der Waals surface area contributed by atoms with Crippen LogP contribution >= 0.6 is 0 Å². The van der Waals surface area contributed by atoms with Crippen molar-refractivity contribution >= 4 is 17.2 Å². The molecule has 2 aromatic rings. The number of aryl methyl sites for hydroxylation is 1. The number of alkyl halides is 3. The quantitative estimate of drug-likeness (QED) is 0.783. The molecular formula is C15H12F3NOS. The Hall–Kier alpha value is -1.95. The van der Waals surface area contributed by atoms with Crippen molar-refractivity contribution in [1.29, 1.82) is 0 Å². The fourth-order valence-corrected chi connectivity index (χ4v) is 2.29. The average Bonchev–Trinajstić information content (AvgIpc) is 2.45. The Morgan fingerprint density at radius 1 is 1.00 bits per heavy atom. The molecule has 0 amide bonds. The third-order valence-corrected chi connectivity index (χ3v) is 3.73. The summed E-state index contributed by atoms with van der Waals surface area (Å²) in [6.07, 6.45) is -3.06. The van der Waals surface area contributed by atoms with Crippen LogP contribution in [0.3, 0.4) is 0 Å². The first-order valence-corrected chi connectivity index (χ1v) is 7.17. The molecule has 0 saturated carbocycles. The number of nitrogens with zero attached hydrogens (tertiary/aromatic N) is 1. The standard InChI is InChI=1S/C15H12F3NOS/c1-11-2-8-14(9-3-11)21(20)19-10-12-4-6-13(7-5-12)15(16,17)18/h2-10H,1H3. The van der Waals surface area contributed by atoms with Gasteiger partial charge in [-0.3, -0.25) is 0 Å². The maximum absolute atomic E-state index is 12.4. The Bertz CT molecular complexity index is 661. The lowest BCUT2D eigenvalue weighted by Crippen LogP contribution is -2.04. The van der Waals surface area contributed by atoms with Crippen molar-refractivity contribution in [2.75, 3.05) is 0 Å². The van der Waals surface area contributed by atoms with Gasteiger partial charge in [0.1, 0.15) is 0 Å². The van der Waals surface area contributed by atoms with Crippen LogP contribution in [0.5, 0.6) is 0 Å². The van der Waals surface area contributed by atoms with E-state index in [1.54, 1.807) is 12.1 Å². The zero-order chi connectivity index (χ0) is 15.5. The SMILES string of the molecule is Cc1ccc(S(=O)N=Cc2ccc(C(F)(F)F)cc2)cc1. The van der Waals surface area contributed by atoms with Gasteiger partial charge in [-0.1, -0.05) is 29.8 Å². The van der Waals surface area contributed by atoms with Crippen LogP contribution in [0.2, 0.25) is 0 Å². The second-order valence-corrected chi connectivity index (χ2v) is 5.60. The predicted octanol–water partition coefficient (Wildman–Crippen LogP) is 4.16. The van der Waals surface area contributed by atoms with Crippen molar-refractivity contribution in [3.05, 3.63) is 65.2 Å². The maximum Gasteiger partial charge on any atom is 0.416 e. The van der Waals surface area contributed by atoms with Gasteiger partial charge in [0.25, 0.3) is 0 Å². The van der Waals surface area contributed by atoms with Crippen molar-refractivity contribution in [2.45, 2.75) is 18.0 Å². The third kappa shape index (κ3) is 4.26. The maximum atomic E-state index is 12.4. The summed E-state index contributed by atoms with van der Waals surface area (Å²) in [5, 5.41) is 0. The van der Waals surface area contributed by atoms with Crippen molar-refractivity contribution in [3.63, 3.8) is 0 Å². The Labute approximate surface area is 122 Å². The van der Waals surface area contributed by atoms with Gasteiger partial charge in [-0.15, -0.1) is 0 Å². The first-order valence-electron chi connectivity index (χ1n) is 6.06. The summed E-state index contributed by atoms with van der Waals surface area (Å²) >= 11 is 0. The van der Waals surface area contributed by atoms with E-state index < -0.39 is 22.7 Å². The van der Waals surface area contributed by atoms with Gasteiger partial charge in [0.2, 0.25) is 0 Å². The summed E-state index contributed by atoms with van der Waals surface area (Å²) in [6, 6.07) is 11.6. The first-order chi connectivity index (χ1) is 9.86. The van der Waals surface area contributed by atoms with E-state index in [4.69, 9.17) is 0 Å². The van der Waals surface area contributed by atoms with Gasteiger partial charge in [0.15, 0.2) is 11.0 Å². The summed E-state index contributed by atoms with van der Waals surface area (Å²) in [7, 11) is -1.57. The highest BCUT2D eigenvalue weighted by Gasteiger charge is 2.29. The summed E-state index contributed by atoms with van der Waals surface area (Å²) in [6.45, 7) is 1.91. The lowest BCUT2D eigenvalue weighted by molar-refractivity contribution is -0.137. The van der Waals surface area contributed by atoms with E-state index in [9.17, 15) is 17.4 Å². The smallest absolute Gasteiger partial charge is 0.229 e. The van der Waals surface area contributed by atoms with Gasteiger partial charge in [-0.2, -0.15) is 17.6 Å². The van der Waals surface area contributed by atoms with E-state index in [1.165, 1.54) is 18.3 Å². The topological polar surface area (TPSA) is 29.4 Å². The van der Waals surface area contributed by atoms with Crippen molar-refractivity contribution in [2.24, 2.45) is 4.40 Å². The minimum atomic E-state index is -4.36. The fourth-order valence-electron chi connectivity index (χ4n) is 1.58. The molecule has 21 heavy (non-hydrogen) atoms. The highest BCUT2D eigenvalue weighted by Crippen LogP contribution is 2.28. The molecule has 0 spiro atoms. The lowest BCUT2D eigenvalue weighted by Gasteiger charge is -2.05. The van der Waals surface area contributed by atoms with E-state index >= 15 is 0 Å². The van der Waals surface area contributed by atoms with E-state index in [0.717, 1.165) is 17.7 Å². The molecule has 1 unspecified atom stereocenters. The van der Waals surface area contributed by atoms with Crippen LogP contribution in [-0.2, 0) is 17.2 Å². The van der Waals surface area contributed by atoms with Gasteiger partial charge in [-0.25, -0.2) is 4.21 Å².